The number of amides is 1. The zero-order chi connectivity index (χ0) is 29.1. The molecule has 9 nitrogen and oxygen atoms in total. The number of aromatic nitrogens is 2. The number of carbonyl (C=O) groups is 1. The van der Waals surface area contributed by atoms with Gasteiger partial charge in [-0.25, -0.2) is 0 Å². The third kappa shape index (κ3) is 5.64. The zero-order valence-electron chi connectivity index (χ0n) is 23.0. The molecule has 3 heterocycles. The van der Waals surface area contributed by atoms with Crippen LogP contribution in [0.1, 0.15) is 54.0 Å². The molecular weight excluding hydrogens is 560 g/mol. The van der Waals surface area contributed by atoms with E-state index in [1.54, 1.807) is 22.8 Å². The molecule has 0 radical (unpaired) electrons. The maximum atomic E-state index is 13.9. The lowest BCUT2D eigenvalue weighted by molar-refractivity contribution is 0.0892. The summed E-state index contributed by atoms with van der Waals surface area (Å²) in [5, 5.41) is 28.1. The van der Waals surface area contributed by atoms with Crippen LogP contribution in [0.2, 0.25) is 0 Å². The highest BCUT2D eigenvalue weighted by molar-refractivity contribution is 8.21. The van der Waals surface area contributed by atoms with Crippen LogP contribution in [0.3, 0.4) is 0 Å². The minimum Gasteiger partial charge on any atom is -0.496 e. The lowest BCUT2D eigenvalue weighted by atomic mass is 10.0. The van der Waals surface area contributed by atoms with Gasteiger partial charge < -0.3 is 24.0 Å². The number of halogens is 1. The summed E-state index contributed by atoms with van der Waals surface area (Å²) in [4.78, 5) is 17.2. The first-order valence-electron chi connectivity index (χ1n) is 13.3. The molecule has 1 aliphatic rings. The molecule has 0 aliphatic carbocycles. The van der Waals surface area contributed by atoms with Gasteiger partial charge in [0.2, 0.25) is 0 Å². The van der Waals surface area contributed by atoms with Crippen molar-refractivity contribution in [2.75, 3.05) is 20.2 Å². The van der Waals surface area contributed by atoms with E-state index in [1.165, 1.54) is 7.11 Å². The first kappa shape index (κ1) is 28.6. The van der Waals surface area contributed by atoms with Crippen molar-refractivity contribution >= 4 is 38.5 Å². The maximum Gasteiger partial charge on any atom is 0.269 e. The van der Waals surface area contributed by atoms with Gasteiger partial charge in [-0.15, -0.1) is 0 Å². The molecular formula is C30H29ClN6O3S. The minimum absolute atomic E-state index is 0.0272. The van der Waals surface area contributed by atoms with Crippen LogP contribution in [0, 0.1) is 22.7 Å². The van der Waals surface area contributed by atoms with Crippen LogP contribution < -0.4 is 10.1 Å². The summed E-state index contributed by atoms with van der Waals surface area (Å²) in [6.07, 6.45) is 1.62. The molecule has 2 aromatic carbocycles. The predicted molar refractivity (Wildman–Crippen MR) is 158 cm³/mol. The van der Waals surface area contributed by atoms with Gasteiger partial charge in [-0.2, -0.15) is 10.5 Å². The summed E-state index contributed by atoms with van der Waals surface area (Å²) in [5.74, 6) is 0.584. The van der Waals surface area contributed by atoms with E-state index >= 15 is 0 Å². The van der Waals surface area contributed by atoms with Crippen LogP contribution in [-0.2, 0) is 6.54 Å². The fourth-order valence-corrected chi connectivity index (χ4v) is 5.94. The smallest absolute Gasteiger partial charge is 0.269 e. The summed E-state index contributed by atoms with van der Waals surface area (Å²) < 4.78 is 12.9. The summed E-state index contributed by atoms with van der Waals surface area (Å²) in [7, 11) is 8.47. The van der Waals surface area contributed by atoms with Crippen LogP contribution in [0.4, 0.5) is 0 Å². The average Bonchev–Trinajstić information content (AvgIpc) is 3.60. The number of rotatable bonds is 8. The lowest BCUT2D eigenvalue weighted by Gasteiger charge is -2.34. The third-order valence-corrected chi connectivity index (χ3v) is 8.52. The molecule has 1 aliphatic heterocycles. The van der Waals surface area contributed by atoms with Crippen molar-refractivity contribution in [1.29, 1.82) is 10.5 Å². The second kappa shape index (κ2) is 12.3. The molecule has 11 heteroatoms. The number of piperidine rings is 1. The number of nitrogens with one attached hydrogen (secondary N) is 1. The van der Waals surface area contributed by atoms with E-state index in [0.29, 0.717) is 39.7 Å². The SMILES string of the molecule is COc1ccc(C#N)c2c1c(C#N)c(C(=O)NC1CCN(C(C)C)CC1)n2Cc1cc(-c2ccc(SCl)cc2)on1. The van der Waals surface area contributed by atoms with Crippen molar-refractivity contribution in [3.05, 3.63) is 65.0 Å². The van der Waals surface area contributed by atoms with Gasteiger partial charge in [0.25, 0.3) is 5.91 Å². The Morgan fingerprint density at radius 1 is 1.20 bits per heavy atom. The highest BCUT2D eigenvalue weighted by atomic mass is 35.7. The van der Waals surface area contributed by atoms with Gasteiger partial charge in [0.15, 0.2) is 5.76 Å². The predicted octanol–water partition coefficient (Wildman–Crippen LogP) is 5.95. The van der Waals surface area contributed by atoms with Gasteiger partial charge in [-0.3, -0.25) is 4.79 Å². The van der Waals surface area contributed by atoms with Gasteiger partial charge in [0.1, 0.15) is 29.3 Å². The van der Waals surface area contributed by atoms with Gasteiger partial charge >= 0.3 is 0 Å². The number of nitrogens with zero attached hydrogens (tertiary/aromatic N) is 5. The van der Waals surface area contributed by atoms with Crippen molar-refractivity contribution in [2.24, 2.45) is 0 Å². The second-order valence-electron chi connectivity index (χ2n) is 10.2. The molecule has 0 spiro atoms. The number of benzene rings is 2. The number of methoxy groups -OCH3 is 1. The summed E-state index contributed by atoms with van der Waals surface area (Å²) in [6.45, 7) is 6.21. The van der Waals surface area contributed by atoms with Crippen LogP contribution in [0.5, 0.6) is 5.75 Å². The van der Waals surface area contributed by atoms with Crippen molar-refractivity contribution in [2.45, 2.75) is 50.2 Å². The molecule has 0 bridgehead atoms. The van der Waals surface area contributed by atoms with Gasteiger partial charge in [-0.05, 0) is 84.7 Å². The zero-order valence-corrected chi connectivity index (χ0v) is 24.6. The number of fused-ring (bicyclic) bond motifs is 1. The molecule has 1 saturated heterocycles. The molecule has 210 valence electrons. The number of hydrogen-bond donors (Lipinski definition) is 1. The van der Waals surface area contributed by atoms with E-state index in [2.05, 4.69) is 41.4 Å². The first-order valence-corrected chi connectivity index (χ1v) is 15.0. The molecule has 1 fully saturated rings. The highest BCUT2D eigenvalue weighted by Crippen LogP contribution is 2.37. The molecule has 41 heavy (non-hydrogen) atoms. The number of nitriles is 2. The molecule has 1 N–H and O–H groups in total. The van der Waals surface area contributed by atoms with E-state index in [4.69, 9.17) is 19.9 Å². The summed E-state index contributed by atoms with van der Waals surface area (Å²) in [5.41, 5.74) is 2.43. The number of carbonyl (C=O) groups excluding carboxylic acids is 1. The quantitative estimate of drug-likeness (QED) is 0.268. The number of likely N-dealkylation sites (tertiary alicyclic amines) is 1. The highest BCUT2D eigenvalue weighted by Gasteiger charge is 2.30. The lowest BCUT2D eigenvalue weighted by Crippen LogP contribution is -2.47. The van der Waals surface area contributed by atoms with Crippen molar-refractivity contribution in [3.8, 4) is 29.2 Å². The Morgan fingerprint density at radius 2 is 1.93 bits per heavy atom. The van der Waals surface area contributed by atoms with Gasteiger partial charge in [-0.1, -0.05) is 5.16 Å². The van der Waals surface area contributed by atoms with E-state index in [0.717, 1.165) is 47.4 Å². The topological polar surface area (TPSA) is 120 Å². The standard InChI is InChI=1S/C30H29ClN6O3S/c1-18(2)36-12-10-21(11-13-36)34-30(38)29-24(16-33)27-25(39-3)9-6-20(15-32)28(27)37(29)17-22-14-26(40-35-22)19-4-7-23(41-31)8-5-19/h4-9,14,18,21H,10-13,17H2,1-3H3,(H,34,38). The Bertz CT molecular complexity index is 1660. The maximum absolute atomic E-state index is 13.9. The van der Waals surface area contributed by atoms with Crippen LogP contribution >= 0.6 is 21.7 Å². The molecule has 0 atom stereocenters. The fraction of sp³-hybridized carbons (Fsp3) is 0.333. The Hall–Kier alpha value is -3.96. The Kier molecular flexibility index (Phi) is 8.55. The normalized spacial score (nSPS) is 14.2. The largest absolute Gasteiger partial charge is 0.496 e. The number of ether oxygens (including phenoxy) is 1. The molecule has 1 amide bonds. The molecule has 4 aromatic rings. The van der Waals surface area contributed by atoms with E-state index in [-0.39, 0.29) is 29.8 Å². The Morgan fingerprint density at radius 3 is 2.54 bits per heavy atom. The van der Waals surface area contributed by atoms with E-state index < -0.39 is 0 Å². The van der Waals surface area contributed by atoms with Crippen molar-refractivity contribution in [3.63, 3.8) is 0 Å². The monoisotopic (exact) mass is 588 g/mol. The van der Waals surface area contributed by atoms with Crippen LogP contribution in [-0.4, -0.2) is 52.8 Å². The van der Waals surface area contributed by atoms with E-state index in [9.17, 15) is 15.3 Å². The summed E-state index contributed by atoms with van der Waals surface area (Å²) >= 11 is 0. The van der Waals surface area contributed by atoms with Crippen LogP contribution in [0.15, 0.2) is 51.9 Å². The Balaban J connectivity index is 1.56. The third-order valence-electron chi connectivity index (χ3n) is 7.54. The van der Waals surface area contributed by atoms with Gasteiger partial charge in [0, 0.05) is 41.7 Å². The minimum atomic E-state index is -0.371. The van der Waals surface area contributed by atoms with Crippen LogP contribution in [0.25, 0.3) is 22.2 Å². The summed E-state index contributed by atoms with van der Waals surface area (Å²) in [6, 6.07) is 17.4. The first-order chi connectivity index (χ1) is 19.9. The molecule has 5 rings (SSSR count). The Labute approximate surface area is 247 Å². The molecule has 0 saturated carbocycles. The fourth-order valence-electron chi connectivity index (χ4n) is 5.39. The van der Waals surface area contributed by atoms with E-state index in [1.807, 2.05) is 24.3 Å². The van der Waals surface area contributed by atoms with Crippen molar-refractivity contribution < 1.29 is 14.1 Å². The molecule has 0 unspecified atom stereocenters. The second-order valence-corrected chi connectivity index (χ2v) is 11.3. The average molecular weight is 589 g/mol. The van der Waals surface area contributed by atoms with Crippen molar-refractivity contribution in [1.82, 2.24) is 19.9 Å². The molecule has 2 aromatic heterocycles. The van der Waals surface area contributed by atoms with Gasteiger partial charge in [0.05, 0.1) is 35.7 Å². The number of hydrogen-bond acceptors (Lipinski definition) is 8.